The molecule has 1 atom stereocenters. The van der Waals surface area contributed by atoms with Crippen LogP contribution >= 0.6 is 0 Å². The normalized spacial score (nSPS) is 27.0. The maximum atomic E-state index is 4.36. The molecule has 3 heterocycles. The van der Waals surface area contributed by atoms with Gasteiger partial charge in [-0.05, 0) is 41.2 Å². The highest BCUT2D eigenvalue weighted by atomic mass is 15.3. The molecule has 2 aromatic rings. The fraction of sp³-hybridized carbons (Fsp3) is 0.450. The summed E-state index contributed by atoms with van der Waals surface area (Å²) >= 11 is 0. The first-order valence-electron chi connectivity index (χ1n) is 8.12. The molecule has 2 nitrogen and oxygen atoms in total. The van der Waals surface area contributed by atoms with Gasteiger partial charge in [0.05, 0.1) is 5.54 Å². The lowest BCUT2D eigenvalue weighted by Crippen LogP contribution is -2.61. The quantitative estimate of drug-likeness (QED) is 0.703. The standard InChI is InChI=1S/C20H24N2/c1-18(2)16-8-6-7-9-17(16)22-13-14-12-21-11-10-15(14)20(22,5)19(18,3)4/h6-12H,13H2,1-5H3. The highest BCUT2D eigenvalue weighted by Gasteiger charge is 2.61. The van der Waals surface area contributed by atoms with Crippen LogP contribution < -0.4 is 4.90 Å². The lowest BCUT2D eigenvalue weighted by molar-refractivity contribution is 0.0685. The summed E-state index contributed by atoms with van der Waals surface area (Å²) in [6.07, 6.45) is 3.99. The third kappa shape index (κ3) is 1.30. The molecule has 0 radical (unpaired) electrons. The second kappa shape index (κ2) is 3.92. The van der Waals surface area contributed by atoms with Crippen LogP contribution in [0.3, 0.4) is 0 Å². The first-order chi connectivity index (χ1) is 10.3. The summed E-state index contributed by atoms with van der Waals surface area (Å²) in [6.45, 7) is 13.0. The summed E-state index contributed by atoms with van der Waals surface area (Å²) in [5, 5.41) is 0. The van der Waals surface area contributed by atoms with Crippen LogP contribution in [0, 0.1) is 5.41 Å². The molecule has 0 bridgehead atoms. The molecule has 2 heteroatoms. The number of benzene rings is 1. The Labute approximate surface area is 133 Å². The van der Waals surface area contributed by atoms with E-state index in [1.165, 1.54) is 22.4 Å². The molecule has 0 spiro atoms. The van der Waals surface area contributed by atoms with Crippen LogP contribution in [0.4, 0.5) is 5.69 Å². The maximum absolute atomic E-state index is 4.36. The molecule has 0 amide bonds. The Hall–Kier alpha value is -1.83. The van der Waals surface area contributed by atoms with Gasteiger partial charge < -0.3 is 4.90 Å². The molecule has 0 N–H and O–H groups in total. The van der Waals surface area contributed by atoms with Gasteiger partial charge in [0.25, 0.3) is 0 Å². The van der Waals surface area contributed by atoms with E-state index in [1.807, 2.05) is 12.4 Å². The topological polar surface area (TPSA) is 16.1 Å². The number of hydrogen-bond acceptors (Lipinski definition) is 2. The van der Waals surface area contributed by atoms with E-state index >= 15 is 0 Å². The van der Waals surface area contributed by atoms with Crippen molar-refractivity contribution in [2.75, 3.05) is 4.90 Å². The first kappa shape index (κ1) is 13.8. The van der Waals surface area contributed by atoms with Gasteiger partial charge in [-0.2, -0.15) is 0 Å². The van der Waals surface area contributed by atoms with Crippen molar-refractivity contribution in [1.82, 2.24) is 4.98 Å². The number of pyridine rings is 1. The summed E-state index contributed by atoms with van der Waals surface area (Å²) in [5.74, 6) is 0. The molecule has 114 valence electrons. The van der Waals surface area contributed by atoms with Crippen LogP contribution in [0.25, 0.3) is 0 Å². The van der Waals surface area contributed by atoms with Gasteiger partial charge in [0.15, 0.2) is 0 Å². The van der Waals surface area contributed by atoms with E-state index in [4.69, 9.17) is 0 Å². The van der Waals surface area contributed by atoms with E-state index in [1.54, 1.807) is 0 Å². The molecule has 1 aromatic heterocycles. The number of nitrogens with zero attached hydrogens (tertiary/aromatic N) is 2. The fourth-order valence-electron chi connectivity index (χ4n) is 4.68. The molecule has 0 saturated carbocycles. The van der Waals surface area contributed by atoms with Gasteiger partial charge in [0.1, 0.15) is 0 Å². The van der Waals surface area contributed by atoms with Crippen molar-refractivity contribution in [2.45, 2.75) is 52.1 Å². The van der Waals surface area contributed by atoms with E-state index in [9.17, 15) is 0 Å². The smallest absolute Gasteiger partial charge is 0.0693 e. The summed E-state index contributed by atoms with van der Waals surface area (Å²) in [7, 11) is 0. The van der Waals surface area contributed by atoms with Crippen LogP contribution in [-0.4, -0.2) is 4.98 Å². The Bertz CT molecular complexity index is 760. The van der Waals surface area contributed by atoms with Gasteiger partial charge in [-0.1, -0.05) is 45.9 Å². The van der Waals surface area contributed by atoms with Crippen LogP contribution in [0.2, 0.25) is 0 Å². The molecule has 0 saturated heterocycles. The zero-order chi connectivity index (χ0) is 15.8. The minimum atomic E-state index is -0.0108. The summed E-state index contributed by atoms with van der Waals surface area (Å²) in [5.41, 5.74) is 5.83. The number of rotatable bonds is 0. The van der Waals surface area contributed by atoms with Crippen molar-refractivity contribution >= 4 is 5.69 Å². The zero-order valence-electron chi connectivity index (χ0n) is 14.1. The second-order valence-corrected chi connectivity index (χ2v) is 7.96. The molecule has 0 fully saturated rings. The summed E-state index contributed by atoms with van der Waals surface area (Å²) in [6, 6.07) is 11.1. The molecule has 1 unspecified atom stereocenters. The summed E-state index contributed by atoms with van der Waals surface area (Å²) < 4.78 is 0. The predicted octanol–water partition coefficient (Wildman–Crippen LogP) is 4.63. The summed E-state index contributed by atoms with van der Waals surface area (Å²) in [4.78, 5) is 6.96. The SMILES string of the molecule is CC1(C)c2ccccc2N2Cc3cnccc3C2(C)C1(C)C. The molecule has 2 aliphatic heterocycles. The Morgan fingerprint density at radius 2 is 1.68 bits per heavy atom. The second-order valence-electron chi connectivity index (χ2n) is 7.96. The zero-order valence-corrected chi connectivity index (χ0v) is 14.1. The predicted molar refractivity (Wildman–Crippen MR) is 91.0 cm³/mol. The molecule has 22 heavy (non-hydrogen) atoms. The molecule has 1 aromatic carbocycles. The van der Waals surface area contributed by atoms with Gasteiger partial charge in [-0.25, -0.2) is 0 Å². The Kier molecular flexibility index (Phi) is 2.46. The van der Waals surface area contributed by atoms with E-state index in [0.29, 0.717) is 0 Å². The van der Waals surface area contributed by atoms with E-state index in [-0.39, 0.29) is 16.4 Å². The molecule has 2 aliphatic rings. The van der Waals surface area contributed by atoms with Crippen molar-refractivity contribution in [1.29, 1.82) is 0 Å². The van der Waals surface area contributed by atoms with Crippen molar-refractivity contribution in [3.05, 3.63) is 59.4 Å². The van der Waals surface area contributed by atoms with E-state index in [0.717, 1.165) is 6.54 Å². The van der Waals surface area contributed by atoms with Crippen molar-refractivity contribution in [2.24, 2.45) is 5.41 Å². The van der Waals surface area contributed by atoms with Crippen LogP contribution in [0.1, 0.15) is 51.3 Å². The van der Waals surface area contributed by atoms with E-state index in [2.05, 4.69) is 74.8 Å². The molecular formula is C20H24N2. The minimum Gasteiger partial charge on any atom is -0.357 e. The number of anilines is 1. The van der Waals surface area contributed by atoms with Gasteiger partial charge in [0, 0.05) is 30.0 Å². The lowest BCUT2D eigenvalue weighted by Gasteiger charge is -2.61. The van der Waals surface area contributed by atoms with E-state index < -0.39 is 0 Å². The van der Waals surface area contributed by atoms with Crippen molar-refractivity contribution < 1.29 is 0 Å². The molecular weight excluding hydrogens is 268 g/mol. The molecule has 4 rings (SSSR count). The Morgan fingerprint density at radius 3 is 2.45 bits per heavy atom. The van der Waals surface area contributed by atoms with Crippen molar-refractivity contribution in [3.8, 4) is 0 Å². The van der Waals surface area contributed by atoms with Gasteiger partial charge in [-0.3, -0.25) is 4.98 Å². The van der Waals surface area contributed by atoms with Gasteiger partial charge in [-0.15, -0.1) is 0 Å². The highest BCUT2D eigenvalue weighted by Crippen LogP contribution is 2.64. The highest BCUT2D eigenvalue weighted by molar-refractivity contribution is 5.67. The largest absolute Gasteiger partial charge is 0.357 e. The number of fused-ring (bicyclic) bond motifs is 5. The third-order valence-electron chi connectivity index (χ3n) is 6.94. The fourth-order valence-corrected chi connectivity index (χ4v) is 4.68. The van der Waals surface area contributed by atoms with Crippen LogP contribution in [-0.2, 0) is 17.5 Å². The van der Waals surface area contributed by atoms with Crippen LogP contribution in [0.15, 0.2) is 42.7 Å². The number of para-hydroxylation sites is 1. The average Bonchev–Trinajstić information content (AvgIpc) is 2.81. The lowest BCUT2D eigenvalue weighted by atomic mass is 9.51. The van der Waals surface area contributed by atoms with Gasteiger partial charge >= 0.3 is 0 Å². The monoisotopic (exact) mass is 292 g/mol. The van der Waals surface area contributed by atoms with Crippen molar-refractivity contribution in [3.63, 3.8) is 0 Å². The minimum absolute atomic E-state index is 0.0108. The third-order valence-corrected chi connectivity index (χ3v) is 6.94. The van der Waals surface area contributed by atoms with Gasteiger partial charge in [0.2, 0.25) is 0 Å². The Balaban J connectivity index is 2.09. The maximum Gasteiger partial charge on any atom is 0.0693 e. The Morgan fingerprint density at radius 1 is 0.955 bits per heavy atom. The molecule has 0 aliphatic carbocycles. The number of hydrogen-bond donors (Lipinski definition) is 0. The number of aromatic nitrogens is 1. The first-order valence-corrected chi connectivity index (χ1v) is 8.12. The van der Waals surface area contributed by atoms with Crippen LogP contribution in [0.5, 0.6) is 0 Å². The average molecular weight is 292 g/mol.